The molecule has 1 aromatic heterocycles. The monoisotopic (exact) mass is 369 g/mol. The van der Waals surface area contributed by atoms with E-state index in [1.807, 2.05) is 30.3 Å². The Labute approximate surface area is 161 Å². The summed E-state index contributed by atoms with van der Waals surface area (Å²) in [6.07, 6.45) is 5.86. The van der Waals surface area contributed by atoms with E-state index in [2.05, 4.69) is 28.6 Å². The molecule has 5 nitrogen and oxygen atoms in total. The van der Waals surface area contributed by atoms with Crippen LogP contribution < -0.4 is 0 Å². The fourth-order valence-corrected chi connectivity index (χ4v) is 3.39. The Morgan fingerprint density at radius 2 is 1.74 bits per heavy atom. The topological polar surface area (TPSA) is 68.0 Å². The van der Waals surface area contributed by atoms with Crippen LogP contribution in [0.4, 0.5) is 0 Å². The lowest BCUT2D eigenvalue weighted by molar-refractivity contribution is -0.119. The van der Waals surface area contributed by atoms with Crippen LogP contribution >= 0.6 is 0 Å². The number of ketones is 1. The normalized spacial score (nSPS) is 15.3. The van der Waals surface area contributed by atoms with Crippen molar-refractivity contribution in [1.82, 2.24) is 14.8 Å². The van der Waals surface area contributed by atoms with E-state index >= 15 is 0 Å². The first-order valence-electron chi connectivity index (χ1n) is 10.2. The Morgan fingerprint density at radius 3 is 2.37 bits per heavy atom. The van der Waals surface area contributed by atoms with Crippen molar-refractivity contribution < 1.29 is 9.90 Å². The van der Waals surface area contributed by atoms with Gasteiger partial charge in [-0.25, -0.2) is 0 Å². The maximum absolute atomic E-state index is 12.3. The fourth-order valence-electron chi connectivity index (χ4n) is 3.39. The zero-order valence-corrected chi connectivity index (χ0v) is 16.5. The summed E-state index contributed by atoms with van der Waals surface area (Å²) in [6.45, 7) is 4.45. The first kappa shape index (κ1) is 19.7. The van der Waals surface area contributed by atoms with Crippen molar-refractivity contribution in [2.75, 3.05) is 0 Å². The zero-order valence-electron chi connectivity index (χ0n) is 16.5. The van der Waals surface area contributed by atoms with Crippen molar-refractivity contribution >= 4 is 5.78 Å². The van der Waals surface area contributed by atoms with Crippen LogP contribution in [-0.2, 0) is 17.6 Å². The molecule has 1 aliphatic carbocycles. The molecule has 0 saturated heterocycles. The van der Waals surface area contributed by atoms with Crippen LogP contribution in [0.25, 0.3) is 0 Å². The number of benzene rings is 1. The molecule has 1 aliphatic rings. The second-order valence-corrected chi connectivity index (χ2v) is 8.07. The van der Waals surface area contributed by atoms with Gasteiger partial charge >= 0.3 is 0 Å². The molecular weight excluding hydrogens is 338 g/mol. The van der Waals surface area contributed by atoms with Crippen molar-refractivity contribution in [2.45, 2.75) is 77.4 Å². The molecule has 3 rings (SSSR count). The minimum absolute atomic E-state index is 0.180. The Balaban J connectivity index is 1.50. The average Bonchev–Trinajstić information content (AvgIpc) is 3.43. The maximum atomic E-state index is 12.3. The van der Waals surface area contributed by atoms with Gasteiger partial charge in [-0.1, -0.05) is 44.2 Å². The number of carbonyl (C=O) groups excluding carboxylic acids is 1. The van der Waals surface area contributed by atoms with E-state index in [-0.39, 0.29) is 5.78 Å². The molecule has 0 radical (unpaired) electrons. The number of hydrogen-bond acceptors (Lipinski definition) is 4. The summed E-state index contributed by atoms with van der Waals surface area (Å²) in [4.78, 5) is 12.3. The largest absolute Gasteiger partial charge is 0.388 e. The lowest BCUT2D eigenvalue weighted by atomic mass is 10.0. The molecule has 1 heterocycles. The molecule has 27 heavy (non-hydrogen) atoms. The van der Waals surface area contributed by atoms with Crippen molar-refractivity contribution in [3.8, 4) is 0 Å². The van der Waals surface area contributed by atoms with Crippen molar-refractivity contribution in [3.05, 3.63) is 47.5 Å². The minimum atomic E-state index is -0.576. The molecule has 1 fully saturated rings. The number of hydrogen-bond donors (Lipinski definition) is 1. The summed E-state index contributed by atoms with van der Waals surface area (Å²) in [5.74, 6) is 2.86. The Hall–Kier alpha value is -2.01. The fraction of sp³-hybridized carbons (Fsp3) is 0.591. The number of aliphatic hydroxyl groups excluding tert-OH is 1. The van der Waals surface area contributed by atoms with E-state index in [1.54, 1.807) is 0 Å². The zero-order chi connectivity index (χ0) is 19.2. The van der Waals surface area contributed by atoms with Crippen LogP contribution in [0.15, 0.2) is 30.3 Å². The molecule has 0 spiro atoms. The van der Waals surface area contributed by atoms with Gasteiger partial charge in [-0.3, -0.25) is 4.79 Å². The Bertz CT molecular complexity index is 735. The smallest absolute Gasteiger partial charge is 0.133 e. The predicted molar refractivity (Wildman–Crippen MR) is 105 cm³/mol. The highest BCUT2D eigenvalue weighted by molar-refractivity contribution is 5.78. The lowest BCUT2D eigenvalue weighted by Crippen LogP contribution is -2.10. The molecule has 2 aromatic rings. The molecule has 1 saturated carbocycles. The molecule has 0 unspecified atom stereocenters. The highest BCUT2D eigenvalue weighted by Gasteiger charge is 2.29. The van der Waals surface area contributed by atoms with Gasteiger partial charge in [0.25, 0.3) is 0 Å². The summed E-state index contributed by atoms with van der Waals surface area (Å²) in [7, 11) is 0. The van der Waals surface area contributed by atoms with Crippen LogP contribution in [0, 0.1) is 5.92 Å². The van der Waals surface area contributed by atoms with E-state index < -0.39 is 6.10 Å². The molecule has 5 heteroatoms. The number of nitrogens with zero attached hydrogens (tertiary/aromatic N) is 3. The third kappa shape index (κ3) is 5.73. The molecule has 0 aliphatic heterocycles. The van der Waals surface area contributed by atoms with Crippen LogP contribution in [0.2, 0.25) is 0 Å². The second-order valence-electron chi connectivity index (χ2n) is 8.07. The van der Waals surface area contributed by atoms with E-state index in [9.17, 15) is 9.90 Å². The minimum Gasteiger partial charge on any atom is -0.388 e. The highest BCUT2D eigenvalue weighted by Crippen LogP contribution is 2.37. The van der Waals surface area contributed by atoms with Gasteiger partial charge in [-0.05, 0) is 37.2 Å². The molecule has 1 aromatic carbocycles. The van der Waals surface area contributed by atoms with Gasteiger partial charge in [0.2, 0.25) is 0 Å². The van der Waals surface area contributed by atoms with Gasteiger partial charge in [0.15, 0.2) is 0 Å². The van der Waals surface area contributed by atoms with E-state index in [4.69, 9.17) is 0 Å². The van der Waals surface area contributed by atoms with Gasteiger partial charge in [-0.2, -0.15) is 0 Å². The standard InChI is InChI=1S/C22H31N3O2/c1-16(2)8-14-21-23-24-22(25(21)18-9-10-18)15-12-19(26)11-13-20(27)17-6-4-3-5-7-17/h3-7,16,18,20,27H,8-15H2,1-2H3/t20-/m0/s1. The lowest BCUT2D eigenvalue weighted by Gasteiger charge is -2.11. The van der Waals surface area contributed by atoms with Crippen molar-refractivity contribution in [2.24, 2.45) is 5.92 Å². The Morgan fingerprint density at radius 1 is 1.07 bits per heavy atom. The molecule has 1 N–H and O–H groups in total. The highest BCUT2D eigenvalue weighted by atomic mass is 16.3. The molecular formula is C22H31N3O2. The van der Waals surface area contributed by atoms with Crippen molar-refractivity contribution in [3.63, 3.8) is 0 Å². The SMILES string of the molecule is CC(C)CCc1nnc(CCC(=O)CC[C@H](O)c2ccccc2)n1C1CC1. The third-order valence-corrected chi connectivity index (χ3v) is 5.20. The van der Waals surface area contributed by atoms with Crippen LogP contribution in [-0.4, -0.2) is 25.7 Å². The summed E-state index contributed by atoms with van der Waals surface area (Å²) in [5.41, 5.74) is 0.869. The van der Waals surface area contributed by atoms with Gasteiger partial charge in [0, 0.05) is 31.7 Å². The average molecular weight is 370 g/mol. The predicted octanol–water partition coefficient (Wildman–Crippen LogP) is 4.22. The van der Waals surface area contributed by atoms with E-state index in [1.165, 1.54) is 12.8 Å². The summed E-state index contributed by atoms with van der Waals surface area (Å²) in [5, 5.41) is 19.0. The summed E-state index contributed by atoms with van der Waals surface area (Å²) >= 11 is 0. The van der Waals surface area contributed by atoms with Gasteiger partial charge in [0.1, 0.15) is 17.4 Å². The number of aryl methyl sites for hydroxylation is 2. The molecule has 0 bridgehead atoms. The number of Topliss-reactive ketones (excluding diaryl/α,β-unsaturated/α-hetero) is 1. The van der Waals surface area contributed by atoms with Gasteiger partial charge in [0.05, 0.1) is 6.10 Å². The summed E-state index contributed by atoms with van der Waals surface area (Å²) in [6, 6.07) is 10.1. The van der Waals surface area contributed by atoms with Gasteiger partial charge < -0.3 is 9.67 Å². The van der Waals surface area contributed by atoms with E-state index in [0.717, 1.165) is 30.1 Å². The first-order chi connectivity index (χ1) is 13.0. The van der Waals surface area contributed by atoms with Crippen LogP contribution in [0.3, 0.4) is 0 Å². The first-order valence-corrected chi connectivity index (χ1v) is 10.2. The maximum Gasteiger partial charge on any atom is 0.133 e. The second kappa shape index (κ2) is 9.27. The van der Waals surface area contributed by atoms with Gasteiger partial charge in [-0.15, -0.1) is 10.2 Å². The number of aromatic nitrogens is 3. The summed E-state index contributed by atoms with van der Waals surface area (Å²) < 4.78 is 2.29. The number of rotatable bonds is 11. The van der Waals surface area contributed by atoms with Crippen LogP contribution in [0.5, 0.6) is 0 Å². The number of carbonyl (C=O) groups is 1. The third-order valence-electron chi connectivity index (χ3n) is 5.20. The Kier molecular flexibility index (Phi) is 6.78. The van der Waals surface area contributed by atoms with Crippen molar-refractivity contribution in [1.29, 1.82) is 0 Å². The molecule has 1 atom stereocenters. The quantitative estimate of drug-likeness (QED) is 0.644. The molecule has 146 valence electrons. The van der Waals surface area contributed by atoms with Crippen LogP contribution in [0.1, 0.15) is 81.7 Å². The number of aliphatic hydroxyl groups is 1. The van der Waals surface area contributed by atoms with E-state index in [0.29, 0.717) is 37.6 Å². The molecule has 0 amide bonds.